The van der Waals surface area contributed by atoms with E-state index in [0.29, 0.717) is 11.2 Å². The van der Waals surface area contributed by atoms with Gasteiger partial charge in [0.15, 0.2) is 11.5 Å². The van der Waals surface area contributed by atoms with Crippen molar-refractivity contribution in [2.75, 3.05) is 12.3 Å². The Labute approximate surface area is 151 Å². The van der Waals surface area contributed by atoms with Crippen LogP contribution in [0.5, 0.6) is 0 Å². The predicted octanol–water partition coefficient (Wildman–Crippen LogP) is -0.600. The normalized spacial score (nSPS) is 26.2. The Morgan fingerprint density at radius 3 is 2.81 bits per heavy atom. The average molecular weight is 427 g/mol. The first-order valence-corrected chi connectivity index (χ1v) is 11.2. The topological polar surface area (TPSA) is 195 Å². The SMILES string of the molecule is Nc1ncnc2c1ncn2[C@@H]1C[C@@H](O)[C@H](COP(O)(=S)OP(=O)(O)O)O1. The highest BCUT2D eigenvalue weighted by Gasteiger charge is 2.38. The number of nitrogens with zero attached hydrogens (tertiary/aromatic N) is 4. The maximum atomic E-state index is 10.7. The van der Waals surface area contributed by atoms with Gasteiger partial charge in [0.1, 0.15) is 24.2 Å². The summed E-state index contributed by atoms with van der Waals surface area (Å²) in [5.74, 6) is 0.197. The lowest BCUT2D eigenvalue weighted by Gasteiger charge is -2.20. The van der Waals surface area contributed by atoms with Crippen molar-refractivity contribution < 1.29 is 37.9 Å². The third-order valence-corrected chi connectivity index (χ3v) is 6.58. The molecule has 0 spiro atoms. The van der Waals surface area contributed by atoms with Crippen LogP contribution in [-0.2, 0) is 29.9 Å². The van der Waals surface area contributed by atoms with E-state index in [0.717, 1.165) is 0 Å². The second kappa shape index (κ2) is 7.17. The Hall–Kier alpha value is -1.05. The van der Waals surface area contributed by atoms with Gasteiger partial charge in [-0.2, -0.15) is 0 Å². The van der Waals surface area contributed by atoms with E-state index in [4.69, 9.17) is 24.8 Å². The molecule has 1 saturated heterocycles. The maximum Gasteiger partial charge on any atom is 0.476 e. The highest BCUT2D eigenvalue weighted by Crippen LogP contribution is 2.58. The summed E-state index contributed by atoms with van der Waals surface area (Å²) in [6.07, 6.45) is 0.273. The summed E-state index contributed by atoms with van der Waals surface area (Å²) in [6, 6.07) is 0. The number of rotatable bonds is 6. The highest BCUT2D eigenvalue weighted by molar-refractivity contribution is 8.08. The highest BCUT2D eigenvalue weighted by atomic mass is 32.5. The standard InChI is InChI=1S/C10H15N5O8P2S/c11-9-8-10(13-3-12-9)15(4-14-8)7-1-5(16)6(22-7)2-21-25(20,26)23-24(17,18)19/h3-7,16H,1-2H2,(H,20,26)(H2,11,12,13)(H2,17,18,19)/t5-,6+,7+,25?/m1/s1. The third kappa shape index (κ3) is 4.43. The van der Waals surface area contributed by atoms with Gasteiger partial charge >= 0.3 is 14.5 Å². The number of nitrogens with two attached hydrogens (primary N) is 1. The second-order valence-electron chi connectivity index (χ2n) is 5.35. The van der Waals surface area contributed by atoms with Crippen LogP contribution in [0.2, 0.25) is 0 Å². The molecule has 1 aliphatic rings. The van der Waals surface area contributed by atoms with E-state index in [2.05, 4.69) is 31.1 Å². The molecule has 0 bridgehead atoms. The van der Waals surface area contributed by atoms with E-state index in [1.165, 1.54) is 12.7 Å². The zero-order valence-corrected chi connectivity index (χ0v) is 15.5. The van der Waals surface area contributed by atoms with Crippen molar-refractivity contribution in [1.29, 1.82) is 0 Å². The Kier molecular flexibility index (Phi) is 5.43. The summed E-state index contributed by atoms with van der Waals surface area (Å²) < 4.78 is 26.8. The van der Waals surface area contributed by atoms with Crippen LogP contribution in [0.4, 0.5) is 5.82 Å². The number of ether oxygens (including phenoxy) is 1. The van der Waals surface area contributed by atoms with Crippen molar-refractivity contribution in [2.24, 2.45) is 0 Å². The van der Waals surface area contributed by atoms with Crippen molar-refractivity contribution in [2.45, 2.75) is 24.9 Å². The molecule has 1 unspecified atom stereocenters. The number of phosphoric acid groups is 1. The first kappa shape index (κ1) is 19.7. The Morgan fingerprint density at radius 2 is 2.12 bits per heavy atom. The van der Waals surface area contributed by atoms with Gasteiger partial charge in [-0.15, -0.1) is 0 Å². The Bertz CT molecular complexity index is 905. The fourth-order valence-corrected chi connectivity index (χ4v) is 5.01. The molecule has 0 radical (unpaired) electrons. The first-order valence-electron chi connectivity index (χ1n) is 7.06. The number of nitrogen functional groups attached to an aromatic ring is 1. The second-order valence-corrected chi connectivity index (χ2v) is 9.57. The lowest BCUT2D eigenvalue weighted by Crippen LogP contribution is -2.26. The fourth-order valence-electron chi connectivity index (χ4n) is 2.44. The number of fused-ring (bicyclic) bond motifs is 1. The van der Waals surface area contributed by atoms with Crippen LogP contribution in [0, 0.1) is 0 Å². The van der Waals surface area contributed by atoms with Gasteiger partial charge in [-0.05, 0) is 11.8 Å². The summed E-state index contributed by atoms with van der Waals surface area (Å²) in [6.45, 7) is -4.63. The van der Waals surface area contributed by atoms with E-state index < -0.39 is 39.6 Å². The van der Waals surface area contributed by atoms with Gasteiger partial charge in [-0.1, -0.05) is 0 Å². The van der Waals surface area contributed by atoms with E-state index in [9.17, 15) is 14.6 Å². The average Bonchev–Trinajstić information content (AvgIpc) is 3.07. The Balaban J connectivity index is 1.69. The molecule has 2 aromatic heterocycles. The molecular weight excluding hydrogens is 412 g/mol. The molecule has 144 valence electrons. The van der Waals surface area contributed by atoms with Crippen LogP contribution in [0.3, 0.4) is 0 Å². The smallest absolute Gasteiger partial charge is 0.390 e. The van der Waals surface area contributed by atoms with Gasteiger partial charge in [-0.3, -0.25) is 4.57 Å². The number of hydrogen-bond donors (Lipinski definition) is 5. The van der Waals surface area contributed by atoms with E-state index >= 15 is 0 Å². The zero-order valence-electron chi connectivity index (χ0n) is 12.9. The van der Waals surface area contributed by atoms with Crippen molar-refractivity contribution in [3.8, 4) is 0 Å². The quantitative estimate of drug-likeness (QED) is 0.367. The summed E-state index contributed by atoms with van der Waals surface area (Å²) in [5, 5.41) is 10.1. The molecule has 3 heterocycles. The lowest BCUT2D eigenvalue weighted by atomic mass is 10.2. The van der Waals surface area contributed by atoms with Gasteiger partial charge in [0.2, 0.25) is 0 Å². The summed E-state index contributed by atoms with van der Waals surface area (Å²) in [5.41, 5.74) is 6.51. The van der Waals surface area contributed by atoms with Gasteiger partial charge in [0, 0.05) is 6.42 Å². The number of hydrogen-bond acceptors (Lipinski definition) is 10. The van der Waals surface area contributed by atoms with Crippen molar-refractivity contribution >= 4 is 43.3 Å². The van der Waals surface area contributed by atoms with Gasteiger partial charge < -0.3 is 34.8 Å². The molecule has 16 heteroatoms. The molecule has 4 atom stereocenters. The summed E-state index contributed by atoms with van der Waals surface area (Å²) >= 11 is 4.50. The molecule has 13 nitrogen and oxygen atoms in total. The molecule has 6 N–H and O–H groups in total. The van der Waals surface area contributed by atoms with Crippen LogP contribution in [0.25, 0.3) is 11.2 Å². The van der Waals surface area contributed by atoms with Crippen LogP contribution in [0.1, 0.15) is 12.6 Å². The molecule has 0 saturated carbocycles. The number of aromatic nitrogens is 4. The number of aliphatic hydroxyl groups is 1. The van der Waals surface area contributed by atoms with E-state index in [1.54, 1.807) is 4.57 Å². The minimum absolute atomic E-state index is 0.150. The largest absolute Gasteiger partial charge is 0.476 e. The van der Waals surface area contributed by atoms with Crippen molar-refractivity contribution in [3.63, 3.8) is 0 Å². The maximum absolute atomic E-state index is 10.7. The van der Waals surface area contributed by atoms with Crippen LogP contribution in [-0.4, -0.2) is 58.1 Å². The van der Waals surface area contributed by atoms with Crippen LogP contribution >= 0.6 is 14.5 Å². The predicted molar refractivity (Wildman–Crippen MR) is 89.9 cm³/mol. The summed E-state index contributed by atoms with van der Waals surface area (Å²) in [4.78, 5) is 39.0. The number of aliphatic hydroxyl groups excluding tert-OH is 1. The minimum atomic E-state index is -5.02. The van der Waals surface area contributed by atoms with E-state index in [1.807, 2.05) is 0 Å². The monoisotopic (exact) mass is 427 g/mol. The van der Waals surface area contributed by atoms with Crippen molar-refractivity contribution in [3.05, 3.63) is 12.7 Å². The molecule has 0 aliphatic carbocycles. The third-order valence-electron chi connectivity index (χ3n) is 3.51. The molecule has 2 aromatic rings. The molecule has 1 fully saturated rings. The molecule has 3 rings (SSSR count). The minimum Gasteiger partial charge on any atom is -0.390 e. The molecule has 0 aromatic carbocycles. The lowest BCUT2D eigenvalue weighted by molar-refractivity contribution is -0.0399. The zero-order chi connectivity index (χ0) is 19.1. The van der Waals surface area contributed by atoms with Gasteiger partial charge in [-0.25, -0.2) is 23.8 Å². The molecular formula is C10H15N5O8P2S. The Morgan fingerprint density at radius 1 is 1.38 bits per heavy atom. The van der Waals surface area contributed by atoms with E-state index in [-0.39, 0.29) is 12.2 Å². The fraction of sp³-hybridized carbons (Fsp3) is 0.500. The molecule has 0 amide bonds. The molecule has 26 heavy (non-hydrogen) atoms. The molecule has 1 aliphatic heterocycles. The van der Waals surface area contributed by atoms with Crippen LogP contribution < -0.4 is 5.73 Å². The number of imidazole rings is 1. The van der Waals surface area contributed by atoms with Crippen molar-refractivity contribution in [1.82, 2.24) is 19.5 Å². The summed E-state index contributed by atoms with van der Waals surface area (Å²) in [7, 11) is -5.02. The number of anilines is 1. The first-order chi connectivity index (χ1) is 12.1. The van der Waals surface area contributed by atoms with Crippen LogP contribution in [0.15, 0.2) is 12.7 Å². The van der Waals surface area contributed by atoms with Gasteiger partial charge in [0.05, 0.1) is 19.0 Å². The van der Waals surface area contributed by atoms with Gasteiger partial charge in [0.25, 0.3) is 0 Å².